The van der Waals surface area contributed by atoms with Gasteiger partial charge in [-0.05, 0) is 24.5 Å². The number of esters is 1. The highest BCUT2D eigenvalue weighted by Crippen LogP contribution is 2.14. The van der Waals surface area contributed by atoms with Crippen LogP contribution < -0.4 is 5.32 Å². The molecule has 6 nitrogen and oxygen atoms in total. The molecule has 1 rings (SSSR count). The lowest BCUT2D eigenvalue weighted by Gasteiger charge is -2.27. The van der Waals surface area contributed by atoms with Gasteiger partial charge in [0.15, 0.2) is 0 Å². The van der Waals surface area contributed by atoms with Crippen LogP contribution in [0.15, 0.2) is 18.2 Å². The van der Waals surface area contributed by atoms with Gasteiger partial charge in [-0.15, -0.1) is 0 Å². The Balaban J connectivity index is 2.80. The van der Waals surface area contributed by atoms with E-state index in [2.05, 4.69) is 10.1 Å². The van der Waals surface area contributed by atoms with E-state index in [4.69, 9.17) is 0 Å². The molecule has 0 spiro atoms. The summed E-state index contributed by atoms with van der Waals surface area (Å²) in [5.41, 5.74) is -0.723. The lowest BCUT2D eigenvalue weighted by molar-refractivity contribution is -0.141. The minimum atomic E-state index is -0.996. The van der Waals surface area contributed by atoms with Gasteiger partial charge >= 0.3 is 5.97 Å². The van der Waals surface area contributed by atoms with Crippen LogP contribution in [0.4, 0.5) is 8.78 Å². The Morgan fingerprint density at radius 1 is 1.19 bits per heavy atom. The number of rotatable bonds is 8. The molecule has 0 saturated carbocycles. The minimum absolute atomic E-state index is 0.160. The van der Waals surface area contributed by atoms with Crippen molar-refractivity contribution in [3.63, 3.8) is 0 Å². The number of nitrogens with one attached hydrogen (secondary N) is 1. The van der Waals surface area contributed by atoms with E-state index in [9.17, 15) is 23.2 Å². The molecule has 0 radical (unpaired) electrons. The van der Waals surface area contributed by atoms with Gasteiger partial charge in [-0.1, -0.05) is 19.9 Å². The maximum atomic E-state index is 13.7. The molecule has 1 aromatic rings. The van der Waals surface area contributed by atoms with E-state index in [-0.39, 0.29) is 24.9 Å². The fraction of sp³-hybridized carbons (Fsp3) is 0.500. The number of ether oxygens (including phenoxy) is 1. The SMILES string of the molecule is COC(=O)CCCN(C)C(=O)C(NC(=O)c1c(F)cccc1F)C(C)C. The maximum Gasteiger partial charge on any atom is 0.305 e. The summed E-state index contributed by atoms with van der Waals surface area (Å²) in [6, 6.07) is 2.15. The number of carbonyl (C=O) groups is 3. The number of carbonyl (C=O) groups excluding carboxylic acids is 3. The second-order valence-electron chi connectivity index (χ2n) is 6.23. The van der Waals surface area contributed by atoms with Gasteiger partial charge in [0.1, 0.15) is 23.2 Å². The Morgan fingerprint density at radius 3 is 2.27 bits per heavy atom. The Labute approximate surface area is 151 Å². The fourth-order valence-corrected chi connectivity index (χ4v) is 2.35. The molecule has 8 heteroatoms. The molecule has 26 heavy (non-hydrogen) atoms. The van der Waals surface area contributed by atoms with Crippen LogP contribution in [-0.4, -0.2) is 49.4 Å². The fourth-order valence-electron chi connectivity index (χ4n) is 2.35. The Kier molecular flexibility index (Phi) is 8.15. The number of likely N-dealkylation sites (N-methyl/N-ethyl adjacent to an activating group) is 1. The molecule has 0 aliphatic carbocycles. The molecule has 1 unspecified atom stereocenters. The van der Waals surface area contributed by atoms with Crippen molar-refractivity contribution in [1.29, 1.82) is 0 Å². The van der Waals surface area contributed by atoms with Crippen molar-refractivity contribution >= 4 is 17.8 Å². The van der Waals surface area contributed by atoms with Crippen LogP contribution in [0.25, 0.3) is 0 Å². The predicted molar refractivity (Wildman–Crippen MR) is 91.3 cm³/mol. The van der Waals surface area contributed by atoms with Gasteiger partial charge in [0, 0.05) is 20.0 Å². The van der Waals surface area contributed by atoms with Crippen LogP contribution in [-0.2, 0) is 14.3 Å². The molecule has 2 amide bonds. The number of benzene rings is 1. The third-order valence-corrected chi connectivity index (χ3v) is 3.89. The molecule has 0 bridgehead atoms. The Morgan fingerprint density at radius 2 is 1.77 bits per heavy atom. The first-order valence-corrected chi connectivity index (χ1v) is 8.25. The van der Waals surface area contributed by atoms with Crippen molar-refractivity contribution in [2.24, 2.45) is 5.92 Å². The van der Waals surface area contributed by atoms with E-state index in [0.717, 1.165) is 18.2 Å². The zero-order valence-electron chi connectivity index (χ0n) is 15.3. The highest BCUT2D eigenvalue weighted by atomic mass is 19.1. The van der Waals surface area contributed by atoms with E-state index in [0.29, 0.717) is 6.42 Å². The number of halogens is 2. The highest BCUT2D eigenvalue weighted by Gasteiger charge is 2.29. The minimum Gasteiger partial charge on any atom is -0.469 e. The average Bonchev–Trinajstić information content (AvgIpc) is 2.58. The van der Waals surface area contributed by atoms with Gasteiger partial charge in [0.05, 0.1) is 7.11 Å². The normalized spacial score (nSPS) is 11.8. The standard InChI is InChI=1S/C18H24F2N2O4/c1-11(2)16(18(25)22(3)10-6-9-14(23)26-4)21-17(24)15-12(19)7-5-8-13(15)20/h5,7-8,11,16H,6,9-10H2,1-4H3,(H,21,24). The summed E-state index contributed by atoms with van der Waals surface area (Å²) in [4.78, 5) is 37.3. The van der Waals surface area contributed by atoms with Gasteiger partial charge < -0.3 is 15.0 Å². The number of hydrogen-bond donors (Lipinski definition) is 1. The third kappa shape index (κ3) is 5.79. The van der Waals surface area contributed by atoms with Crippen molar-refractivity contribution in [1.82, 2.24) is 10.2 Å². The molecule has 0 fully saturated rings. The summed E-state index contributed by atoms with van der Waals surface area (Å²) in [6.45, 7) is 3.70. The number of hydrogen-bond acceptors (Lipinski definition) is 4. The van der Waals surface area contributed by atoms with Gasteiger partial charge in [0.2, 0.25) is 5.91 Å². The number of nitrogens with zero attached hydrogens (tertiary/aromatic N) is 1. The van der Waals surface area contributed by atoms with Crippen molar-refractivity contribution in [3.05, 3.63) is 35.4 Å². The molecule has 0 aliphatic heterocycles. The lowest BCUT2D eigenvalue weighted by Crippen LogP contribution is -2.50. The van der Waals surface area contributed by atoms with Gasteiger partial charge in [0.25, 0.3) is 5.91 Å². The number of methoxy groups -OCH3 is 1. The molecule has 144 valence electrons. The van der Waals surface area contributed by atoms with Gasteiger partial charge in [-0.25, -0.2) is 8.78 Å². The Hall–Kier alpha value is -2.51. The van der Waals surface area contributed by atoms with Crippen LogP contribution in [0, 0.1) is 17.6 Å². The van der Waals surface area contributed by atoms with Crippen LogP contribution in [0.5, 0.6) is 0 Å². The van der Waals surface area contributed by atoms with Crippen molar-refractivity contribution in [2.75, 3.05) is 20.7 Å². The number of amides is 2. The summed E-state index contributed by atoms with van der Waals surface area (Å²) in [5, 5.41) is 2.40. The van der Waals surface area contributed by atoms with Crippen LogP contribution in [0.1, 0.15) is 37.0 Å². The third-order valence-electron chi connectivity index (χ3n) is 3.89. The molecule has 1 aromatic carbocycles. The summed E-state index contributed by atoms with van der Waals surface area (Å²) >= 11 is 0. The smallest absolute Gasteiger partial charge is 0.305 e. The molecule has 1 N–H and O–H groups in total. The molecule has 0 saturated heterocycles. The first kappa shape index (κ1) is 21.5. The summed E-state index contributed by atoms with van der Waals surface area (Å²) in [7, 11) is 2.81. The monoisotopic (exact) mass is 370 g/mol. The molecular weight excluding hydrogens is 346 g/mol. The molecule has 0 aromatic heterocycles. The van der Waals surface area contributed by atoms with Crippen molar-refractivity contribution in [3.8, 4) is 0 Å². The van der Waals surface area contributed by atoms with Gasteiger partial charge in [-0.3, -0.25) is 14.4 Å². The zero-order valence-corrected chi connectivity index (χ0v) is 15.3. The average molecular weight is 370 g/mol. The summed E-state index contributed by atoms with van der Waals surface area (Å²) in [5.74, 6) is -4.07. The van der Waals surface area contributed by atoms with Crippen molar-refractivity contribution < 1.29 is 27.9 Å². The van der Waals surface area contributed by atoms with Crippen molar-refractivity contribution in [2.45, 2.75) is 32.7 Å². The van der Waals surface area contributed by atoms with Crippen LogP contribution in [0.2, 0.25) is 0 Å². The second kappa shape index (κ2) is 9.84. The molecule has 0 aliphatic rings. The Bertz CT molecular complexity index is 644. The lowest BCUT2D eigenvalue weighted by atomic mass is 10.0. The second-order valence-corrected chi connectivity index (χ2v) is 6.23. The van der Waals surface area contributed by atoms with E-state index < -0.39 is 35.1 Å². The molecular formula is C18H24F2N2O4. The van der Waals surface area contributed by atoms with E-state index in [1.165, 1.54) is 19.1 Å². The van der Waals surface area contributed by atoms with E-state index >= 15 is 0 Å². The zero-order chi connectivity index (χ0) is 19.9. The topological polar surface area (TPSA) is 75.7 Å². The van der Waals surface area contributed by atoms with E-state index in [1.54, 1.807) is 13.8 Å². The quantitative estimate of drug-likeness (QED) is 0.712. The summed E-state index contributed by atoms with van der Waals surface area (Å²) < 4.78 is 32.0. The van der Waals surface area contributed by atoms with E-state index in [1.807, 2.05) is 0 Å². The van der Waals surface area contributed by atoms with Gasteiger partial charge in [-0.2, -0.15) is 0 Å². The largest absolute Gasteiger partial charge is 0.469 e. The highest BCUT2D eigenvalue weighted by molar-refractivity contribution is 5.98. The first-order valence-electron chi connectivity index (χ1n) is 8.25. The first-order chi connectivity index (χ1) is 12.2. The predicted octanol–water partition coefficient (Wildman–Crippen LogP) is 2.13. The van der Waals surface area contributed by atoms with Crippen LogP contribution in [0.3, 0.4) is 0 Å². The van der Waals surface area contributed by atoms with Crippen LogP contribution >= 0.6 is 0 Å². The summed E-state index contributed by atoms with van der Waals surface area (Å²) in [6.07, 6.45) is 0.558. The molecule has 1 atom stereocenters. The maximum absolute atomic E-state index is 13.7. The molecule has 0 heterocycles.